The van der Waals surface area contributed by atoms with E-state index in [0.29, 0.717) is 18.7 Å². The van der Waals surface area contributed by atoms with Gasteiger partial charge >= 0.3 is 5.97 Å². The molecule has 0 aliphatic rings. The largest absolute Gasteiger partial charge is 0.459 e. The molecule has 2 heterocycles. The molecule has 2 aromatic heterocycles. The van der Waals surface area contributed by atoms with Gasteiger partial charge in [0, 0.05) is 19.2 Å². The number of carbonyl (C=O) groups is 2. The zero-order valence-electron chi connectivity index (χ0n) is 14.1. The Morgan fingerprint density at radius 1 is 1.12 bits per heavy atom. The van der Waals surface area contributed by atoms with Crippen LogP contribution in [0.25, 0.3) is 5.69 Å². The number of hydrogen-bond acceptors (Lipinski definition) is 5. The van der Waals surface area contributed by atoms with E-state index in [1.807, 2.05) is 42.6 Å². The van der Waals surface area contributed by atoms with Crippen LogP contribution in [0.4, 0.5) is 0 Å². The highest BCUT2D eigenvalue weighted by atomic mass is 16.5. The molecule has 0 saturated carbocycles. The Balaban J connectivity index is 1.35. The summed E-state index contributed by atoms with van der Waals surface area (Å²) in [6, 6.07) is 14.7. The van der Waals surface area contributed by atoms with Crippen molar-refractivity contribution in [3.63, 3.8) is 0 Å². The average molecular weight is 353 g/mol. The van der Waals surface area contributed by atoms with Gasteiger partial charge in [0.15, 0.2) is 5.76 Å². The van der Waals surface area contributed by atoms with E-state index in [1.54, 1.807) is 16.8 Å². The predicted octanol–water partition coefficient (Wildman–Crippen LogP) is 2.72. The summed E-state index contributed by atoms with van der Waals surface area (Å²) in [6.45, 7) is 0.495. The SMILES string of the molecule is O=C(CCCNC(=O)c1ccco1)OCc1ccn(-c2ccccc2)n1. The standard InChI is InChI=1S/C19H19N3O4/c23-18(9-4-11-20-19(24)17-8-5-13-25-17)26-14-15-10-12-22(21-15)16-6-2-1-3-7-16/h1-3,5-8,10,12-13H,4,9,11,14H2,(H,20,24). The highest BCUT2D eigenvalue weighted by Gasteiger charge is 2.09. The first-order valence-corrected chi connectivity index (χ1v) is 8.29. The molecule has 26 heavy (non-hydrogen) atoms. The number of ether oxygens (including phenoxy) is 1. The monoisotopic (exact) mass is 353 g/mol. The first-order chi connectivity index (χ1) is 12.7. The van der Waals surface area contributed by atoms with Crippen molar-refractivity contribution in [3.05, 3.63) is 72.4 Å². The van der Waals surface area contributed by atoms with Gasteiger partial charge in [0.25, 0.3) is 5.91 Å². The third-order valence-electron chi connectivity index (χ3n) is 3.63. The Hall–Kier alpha value is -3.35. The molecule has 3 rings (SSSR count). The molecule has 0 aliphatic carbocycles. The maximum atomic E-state index is 11.8. The minimum atomic E-state index is -0.327. The van der Waals surface area contributed by atoms with Crippen LogP contribution in [-0.2, 0) is 16.1 Å². The second-order valence-corrected chi connectivity index (χ2v) is 5.58. The third-order valence-corrected chi connectivity index (χ3v) is 3.63. The second-order valence-electron chi connectivity index (χ2n) is 5.58. The van der Waals surface area contributed by atoms with Crippen molar-refractivity contribution in [1.82, 2.24) is 15.1 Å². The summed E-state index contributed by atoms with van der Waals surface area (Å²) >= 11 is 0. The summed E-state index contributed by atoms with van der Waals surface area (Å²) in [5.74, 6) is -0.372. The Bertz CT molecular complexity index is 841. The number of furan rings is 1. The Morgan fingerprint density at radius 3 is 2.73 bits per heavy atom. The minimum Gasteiger partial charge on any atom is -0.459 e. The van der Waals surface area contributed by atoms with E-state index >= 15 is 0 Å². The predicted molar refractivity (Wildman–Crippen MR) is 93.6 cm³/mol. The number of aromatic nitrogens is 2. The van der Waals surface area contributed by atoms with Crippen LogP contribution in [-0.4, -0.2) is 28.2 Å². The maximum Gasteiger partial charge on any atom is 0.306 e. The maximum absolute atomic E-state index is 11.8. The first kappa shape index (κ1) is 17.5. The van der Waals surface area contributed by atoms with E-state index in [4.69, 9.17) is 9.15 Å². The number of nitrogens with one attached hydrogen (secondary N) is 1. The molecule has 0 atom stereocenters. The number of benzene rings is 1. The van der Waals surface area contributed by atoms with Crippen LogP contribution in [0.15, 0.2) is 65.4 Å². The van der Waals surface area contributed by atoms with E-state index in [9.17, 15) is 9.59 Å². The van der Waals surface area contributed by atoms with Gasteiger partial charge in [-0.1, -0.05) is 18.2 Å². The van der Waals surface area contributed by atoms with Crippen LogP contribution in [0.5, 0.6) is 0 Å². The fourth-order valence-corrected chi connectivity index (χ4v) is 2.32. The molecular weight excluding hydrogens is 334 g/mol. The van der Waals surface area contributed by atoms with E-state index in [-0.39, 0.29) is 30.7 Å². The molecule has 1 N–H and O–H groups in total. The summed E-state index contributed by atoms with van der Waals surface area (Å²) in [7, 11) is 0. The molecule has 1 aromatic carbocycles. The zero-order chi connectivity index (χ0) is 18.2. The quantitative estimate of drug-likeness (QED) is 0.497. The summed E-state index contributed by atoms with van der Waals surface area (Å²) in [5, 5.41) is 7.05. The van der Waals surface area contributed by atoms with Crippen LogP contribution in [0.2, 0.25) is 0 Å². The summed E-state index contributed by atoms with van der Waals surface area (Å²) in [6.07, 6.45) is 3.97. The number of amides is 1. The molecular formula is C19H19N3O4. The van der Waals surface area contributed by atoms with Crippen LogP contribution in [0.1, 0.15) is 29.1 Å². The fraction of sp³-hybridized carbons (Fsp3) is 0.211. The van der Waals surface area contributed by atoms with Crippen molar-refractivity contribution in [2.45, 2.75) is 19.4 Å². The van der Waals surface area contributed by atoms with Gasteiger partial charge in [-0.3, -0.25) is 9.59 Å². The van der Waals surface area contributed by atoms with Crippen molar-refractivity contribution in [2.75, 3.05) is 6.54 Å². The van der Waals surface area contributed by atoms with Crippen molar-refractivity contribution >= 4 is 11.9 Å². The summed E-state index contributed by atoms with van der Waals surface area (Å²) in [4.78, 5) is 23.4. The van der Waals surface area contributed by atoms with Gasteiger partial charge in [-0.15, -0.1) is 0 Å². The molecule has 0 saturated heterocycles. The van der Waals surface area contributed by atoms with Crippen molar-refractivity contribution < 1.29 is 18.7 Å². The highest BCUT2D eigenvalue weighted by Crippen LogP contribution is 2.08. The minimum absolute atomic E-state index is 0.122. The van der Waals surface area contributed by atoms with Gasteiger partial charge in [0.05, 0.1) is 12.0 Å². The molecule has 7 nitrogen and oxygen atoms in total. The number of para-hydroxylation sites is 1. The molecule has 7 heteroatoms. The molecule has 0 unspecified atom stereocenters. The summed E-state index contributed by atoms with van der Waals surface area (Å²) in [5.41, 5.74) is 1.62. The average Bonchev–Trinajstić information content (AvgIpc) is 3.36. The molecule has 0 fully saturated rings. The topological polar surface area (TPSA) is 86.4 Å². The van der Waals surface area contributed by atoms with Crippen molar-refractivity contribution in [2.24, 2.45) is 0 Å². The zero-order valence-corrected chi connectivity index (χ0v) is 14.1. The molecule has 3 aromatic rings. The molecule has 1 amide bonds. The molecule has 0 spiro atoms. The highest BCUT2D eigenvalue weighted by molar-refractivity contribution is 5.91. The van der Waals surface area contributed by atoms with Gasteiger partial charge in [-0.2, -0.15) is 5.10 Å². The van der Waals surface area contributed by atoms with Gasteiger partial charge in [0.2, 0.25) is 0 Å². The lowest BCUT2D eigenvalue weighted by Crippen LogP contribution is -2.24. The molecule has 0 bridgehead atoms. The van der Waals surface area contributed by atoms with E-state index < -0.39 is 0 Å². The fourth-order valence-electron chi connectivity index (χ4n) is 2.32. The Kier molecular flexibility index (Phi) is 5.82. The van der Waals surface area contributed by atoms with Crippen LogP contribution < -0.4 is 5.32 Å². The van der Waals surface area contributed by atoms with Gasteiger partial charge in [-0.05, 0) is 36.8 Å². The Labute approximate surface area is 150 Å². The van der Waals surface area contributed by atoms with E-state index in [1.165, 1.54) is 6.26 Å². The van der Waals surface area contributed by atoms with Crippen LogP contribution in [0.3, 0.4) is 0 Å². The number of rotatable bonds is 8. The van der Waals surface area contributed by atoms with Crippen molar-refractivity contribution in [3.8, 4) is 5.69 Å². The molecule has 0 aliphatic heterocycles. The third kappa shape index (κ3) is 4.83. The first-order valence-electron chi connectivity index (χ1n) is 8.29. The number of hydrogen-bond donors (Lipinski definition) is 1. The lowest BCUT2D eigenvalue weighted by molar-refractivity contribution is -0.145. The Morgan fingerprint density at radius 2 is 1.96 bits per heavy atom. The van der Waals surface area contributed by atoms with E-state index in [0.717, 1.165) is 5.69 Å². The van der Waals surface area contributed by atoms with Crippen molar-refractivity contribution in [1.29, 1.82) is 0 Å². The molecule has 134 valence electrons. The van der Waals surface area contributed by atoms with E-state index in [2.05, 4.69) is 10.4 Å². The lowest BCUT2D eigenvalue weighted by Gasteiger charge is -2.04. The number of nitrogens with zero attached hydrogens (tertiary/aromatic N) is 2. The summed E-state index contributed by atoms with van der Waals surface area (Å²) < 4.78 is 11.9. The van der Waals surface area contributed by atoms with Gasteiger partial charge in [0.1, 0.15) is 12.3 Å². The van der Waals surface area contributed by atoms with Crippen LogP contribution >= 0.6 is 0 Å². The number of esters is 1. The number of carbonyl (C=O) groups excluding carboxylic acids is 2. The second kappa shape index (κ2) is 8.66. The van der Waals surface area contributed by atoms with Crippen LogP contribution in [0, 0.1) is 0 Å². The molecule has 0 radical (unpaired) electrons. The van der Waals surface area contributed by atoms with Gasteiger partial charge in [-0.25, -0.2) is 4.68 Å². The smallest absolute Gasteiger partial charge is 0.306 e. The lowest BCUT2D eigenvalue weighted by atomic mass is 10.3. The van der Waals surface area contributed by atoms with Gasteiger partial charge < -0.3 is 14.5 Å². The normalized spacial score (nSPS) is 10.5.